The van der Waals surface area contributed by atoms with Crippen LogP contribution in [-0.2, 0) is 16.0 Å². The minimum atomic E-state index is -0.421. The third-order valence-corrected chi connectivity index (χ3v) is 4.31. The minimum absolute atomic E-state index is 0.227. The van der Waals surface area contributed by atoms with E-state index in [-0.39, 0.29) is 24.7 Å². The number of benzene rings is 2. The van der Waals surface area contributed by atoms with Crippen LogP contribution in [-0.4, -0.2) is 37.2 Å². The molecule has 6 nitrogen and oxygen atoms in total. The highest BCUT2D eigenvalue weighted by molar-refractivity contribution is 5.92. The van der Waals surface area contributed by atoms with Gasteiger partial charge in [-0.1, -0.05) is 30.3 Å². The van der Waals surface area contributed by atoms with Crippen molar-refractivity contribution in [1.82, 2.24) is 5.32 Å². The molecule has 2 aromatic carbocycles. The van der Waals surface area contributed by atoms with Gasteiger partial charge in [0.2, 0.25) is 5.91 Å². The molecule has 0 unspecified atom stereocenters. The zero-order valence-corrected chi connectivity index (χ0v) is 16.4. The van der Waals surface area contributed by atoms with Crippen LogP contribution in [0.3, 0.4) is 0 Å². The van der Waals surface area contributed by atoms with E-state index in [2.05, 4.69) is 12.2 Å². The van der Waals surface area contributed by atoms with Crippen molar-refractivity contribution in [3.63, 3.8) is 0 Å². The Balaban J connectivity index is 1.77. The third kappa shape index (κ3) is 7.80. The van der Waals surface area contributed by atoms with Crippen LogP contribution in [0.2, 0.25) is 0 Å². The predicted octanol–water partition coefficient (Wildman–Crippen LogP) is 2.71. The van der Waals surface area contributed by atoms with Crippen molar-refractivity contribution >= 4 is 11.9 Å². The molecule has 2 atom stereocenters. The topological polar surface area (TPSA) is 90.6 Å². The van der Waals surface area contributed by atoms with Crippen LogP contribution in [0, 0.1) is 0 Å². The van der Waals surface area contributed by atoms with Gasteiger partial charge in [-0.3, -0.25) is 9.59 Å². The second kappa shape index (κ2) is 11.1. The summed E-state index contributed by atoms with van der Waals surface area (Å²) in [4.78, 5) is 22.5. The molecule has 0 aliphatic carbocycles. The summed E-state index contributed by atoms with van der Waals surface area (Å²) in [6.45, 7) is 4.28. The van der Waals surface area contributed by atoms with Gasteiger partial charge in [0.05, 0.1) is 0 Å². The second-order valence-corrected chi connectivity index (χ2v) is 6.76. The molecule has 3 N–H and O–H groups in total. The van der Waals surface area contributed by atoms with Crippen LogP contribution >= 0.6 is 0 Å². The molecule has 0 heterocycles. The van der Waals surface area contributed by atoms with E-state index < -0.39 is 5.91 Å². The molecular formula is C22H28N2O4. The van der Waals surface area contributed by atoms with Gasteiger partial charge in [0.25, 0.3) is 0 Å². The first kappa shape index (κ1) is 21.4. The van der Waals surface area contributed by atoms with Crippen LogP contribution in [0.15, 0.2) is 54.6 Å². The van der Waals surface area contributed by atoms with E-state index in [1.165, 1.54) is 6.92 Å². The lowest BCUT2D eigenvalue weighted by Gasteiger charge is -2.21. The van der Waals surface area contributed by atoms with Gasteiger partial charge in [0, 0.05) is 25.1 Å². The van der Waals surface area contributed by atoms with Gasteiger partial charge in [0.1, 0.15) is 18.5 Å². The first-order chi connectivity index (χ1) is 13.4. The fourth-order valence-electron chi connectivity index (χ4n) is 2.73. The summed E-state index contributed by atoms with van der Waals surface area (Å²) in [6, 6.07) is 17.0. The molecule has 2 aromatic rings. The lowest BCUT2D eigenvalue weighted by Crippen LogP contribution is -2.39. The highest BCUT2D eigenvalue weighted by Gasteiger charge is 2.15. The predicted molar refractivity (Wildman–Crippen MR) is 108 cm³/mol. The molecule has 0 aliphatic heterocycles. The van der Waals surface area contributed by atoms with Crippen LogP contribution in [0.25, 0.3) is 0 Å². The average Bonchev–Trinajstić information content (AvgIpc) is 2.69. The van der Waals surface area contributed by atoms with Crippen molar-refractivity contribution in [2.24, 2.45) is 5.73 Å². The van der Waals surface area contributed by atoms with E-state index in [9.17, 15) is 9.59 Å². The third-order valence-electron chi connectivity index (χ3n) is 4.31. The first-order valence-electron chi connectivity index (χ1n) is 9.41. The number of aryl methyl sites for hydroxylation is 1. The summed E-state index contributed by atoms with van der Waals surface area (Å²) < 4.78 is 11.1. The maximum atomic E-state index is 11.4. The maximum absolute atomic E-state index is 11.4. The average molecular weight is 384 g/mol. The quantitative estimate of drug-likeness (QED) is 0.581. The van der Waals surface area contributed by atoms with E-state index in [0.29, 0.717) is 12.1 Å². The van der Waals surface area contributed by atoms with Crippen LogP contribution < -0.4 is 15.8 Å². The molecule has 0 spiro atoms. The Hall–Kier alpha value is -2.86. The number of para-hydroxylation sites is 1. The van der Waals surface area contributed by atoms with E-state index in [1.807, 2.05) is 42.5 Å². The van der Waals surface area contributed by atoms with Gasteiger partial charge in [-0.2, -0.15) is 0 Å². The van der Waals surface area contributed by atoms with Gasteiger partial charge in [-0.15, -0.1) is 0 Å². The number of amides is 1. The molecule has 0 saturated carbocycles. The van der Waals surface area contributed by atoms with E-state index in [4.69, 9.17) is 15.2 Å². The molecule has 1 amide bonds. The number of primary amides is 1. The van der Waals surface area contributed by atoms with Crippen molar-refractivity contribution < 1.29 is 19.1 Å². The molecule has 0 aromatic heterocycles. The Labute approximate surface area is 166 Å². The molecule has 0 aliphatic rings. The summed E-state index contributed by atoms with van der Waals surface area (Å²) in [5, 5.41) is 3.39. The number of ether oxygens (including phenoxy) is 2. The molecule has 0 fully saturated rings. The van der Waals surface area contributed by atoms with E-state index in [1.54, 1.807) is 12.1 Å². The summed E-state index contributed by atoms with van der Waals surface area (Å²) in [6.07, 6.45) is 1.41. The summed E-state index contributed by atoms with van der Waals surface area (Å²) in [7, 11) is 0. The Kier molecular flexibility index (Phi) is 8.49. The monoisotopic (exact) mass is 384 g/mol. The van der Waals surface area contributed by atoms with Crippen molar-refractivity contribution in [3.8, 4) is 5.75 Å². The maximum Gasteiger partial charge on any atom is 0.303 e. The molecule has 150 valence electrons. The summed E-state index contributed by atoms with van der Waals surface area (Å²) in [5.41, 5.74) is 6.91. The van der Waals surface area contributed by atoms with Crippen molar-refractivity contribution in [1.29, 1.82) is 0 Å². The van der Waals surface area contributed by atoms with Gasteiger partial charge in [0.15, 0.2) is 0 Å². The minimum Gasteiger partial charge on any atom is -0.490 e. The van der Waals surface area contributed by atoms with Crippen LogP contribution in [0.1, 0.15) is 36.2 Å². The second-order valence-electron chi connectivity index (χ2n) is 6.76. The lowest BCUT2D eigenvalue weighted by atomic mass is 10.0. The van der Waals surface area contributed by atoms with E-state index >= 15 is 0 Å². The Morgan fingerprint density at radius 2 is 1.75 bits per heavy atom. The molecule has 0 bridgehead atoms. The number of esters is 1. The standard InChI is InChI=1S/C22H28N2O4/c1-16(8-9-18-10-12-19(13-11-18)22(23)26)24-14-21(28-17(2)25)15-27-20-6-4-3-5-7-20/h3-7,10-13,16,21,24H,8-9,14-15H2,1-2H3,(H2,23,26)/t16-,21+/m1/s1. The Morgan fingerprint density at radius 1 is 1.07 bits per heavy atom. The summed E-state index contributed by atoms with van der Waals surface area (Å²) in [5.74, 6) is -0.00594. The Bertz CT molecular complexity index is 747. The number of carbonyl (C=O) groups excluding carboxylic acids is 2. The van der Waals surface area contributed by atoms with Crippen molar-refractivity contribution in [2.75, 3.05) is 13.2 Å². The fourth-order valence-corrected chi connectivity index (χ4v) is 2.73. The van der Waals surface area contributed by atoms with Crippen LogP contribution in [0.5, 0.6) is 5.75 Å². The molecule has 0 saturated heterocycles. The number of rotatable bonds is 11. The highest BCUT2D eigenvalue weighted by Crippen LogP contribution is 2.10. The number of hydrogen-bond acceptors (Lipinski definition) is 5. The van der Waals surface area contributed by atoms with Gasteiger partial charge in [-0.25, -0.2) is 0 Å². The smallest absolute Gasteiger partial charge is 0.303 e. The number of carbonyl (C=O) groups is 2. The highest BCUT2D eigenvalue weighted by atomic mass is 16.6. The molecule has 6 heteroatoms. The zero-order valence-electron chi connectivity index (χ0n) is 16.4. The van der Waals surface area contributed by atoms with Crippen molar-refractivity contribution in [3.05, 3.63) is 65.7 Å². The number of hydrogen-bond donors (Lipinski definition) is 2. The van der Waals surface area contributed by atoms with Crippen molar-refractivity contribution in [2.45, 2.75) is 38.8 Å². The van der Waals surface area contributed by atoms with Gasteiger partial charge < -0.3 is 20.5 Å². The lowest BCUT2D eigenvalue weighted by molar-refractivity contribution is -0.147. The molecule has 2 rings (SSSR count). The molecule has 28 heavy (non-hydrogen) atoms. The van der Waals surface area contributed by atoms with Gasteiger partial charge >= 0.3 is 5.97 Å². The SMILES string of the molecule is CC(=O)O[C@@H](CN[C@H](C)CCc1ccc(C(N)=O)cc1)COc1ccccc1. The normalized spacial score (nSPS) is 12.8. The Morgan fingerprint density at radius 3 is 2.36 bits per heavy atom. The molecular weight excluding hydrogens is 356 g/mol. The fraction of sp³-hybridized carbons (Fsp3) is 0.364. The first-order valence-corrected chi connectivity index (χ1v) is 9.41. The molecule has 0 radical (unpaired) electrons. The summed E-state index contributed by atoms with van der Waals surface area (Å²) >= 11 is 0. The number of nitrogens with two attached hydrogens (primary N) is 1. The van der Waals surface area contributed by atoms with E-state index in [0.717, 1.165) is 24.2 Å². The largest absolute Gasteiger partial charge is 0.490 e. The van der Waals surface area contributed by atoms with Crippen LogP contribution in [0.4, 0.5) is 0 Å². The number of nitrogens with one attached hydrogen (secondary N) is 1. The zero-order chi connectivity index (χ0) is 20.4. The van der Waals surface area contributed by atoms with Gasteiger partial charge in [-0.05, 0) is 49.6 Å².